The van der Waals surface area contributed by atoms with Crippen molar-refractivity contribution in [3.63, 3.8) is 0 Å². The number of rotatable bonds is 14. The quantitative estimate of drug-likeness (QED) is 0.0942. The predicted octanol–water partition coefficient (Wildman–Crippen LogP) is 1.64. The fourth-order valence-electron chi connectivity index (χ4n) is 4.06. The van der Waals surface area contributed by atoms with Crippen molar-refractivity contribution in [3.05, 3.63) is 62.2 Å². The van der Waals surface area contributed by atoms with Gasteiger partial charge in [0, 0.05) is 24.2 Å². The molecule has 0 amide bonds. The van der Waals surface area contributed by atoms with E-state index in [1.165, 1.54) is 18.3 Å². The van der Waals surface area contributed by atoms with Crippen molar-refractivity contribution in [3.8, 4) is 0 Å². The molecule has 240 valence electrons. The SMILES string of the molecule is CC(C)[C@@H](OCc1cn([C@H]2CC(O)[C@@H](COP(=O)(O)OP(=O)(O)OP(=O)(O)O)O2)c(=O)nc1N)c1ccccc1[N+](=O)[O-]. The smallest absolute Gasteiger partial charge is 0.390 e. The number of nitrogens with two attached hydrogens (primary N) is 1. The first kappa shape index (κ1) is 35.1. The maximum absolute atomic E-state index is 12.6. The van der Waals surface area contributed by atoms with Gasteiger partial charge in [-0.15, -0.1) is 0 Å². The van der Waals surface area contributed by atoms with E-state index in [1.807, 2.05) is 0 Å². The number of ether oxygens (including phenoxy) is 2. The number of nitrogens with zero attached hydrogens (tertiary/aromatic N) is 3. The highest BCUT2D eigenvalue weighted by molar-refractivity contribution is 7.66. The molecule has 0 saturated carbocycles. The van der Waals surface area contributed by atoms with Gasteiger partial charge in [0.05, 0.1) is 35.9 Å². The van der Waals surface area contributed by atoms with Crippen LogP contribution < -0.4 is 11.4 Å². The fraction of sp³-hybridized carbons (Fsp3) is 0.500. The summed E-state index contributed by atoms with van der Waals surface area (Å²) in [5.41, 5.74) is 5.38. The molecule has 1 fully saturated rings. The van der Waals surface area contributed by atoms with Gasteiger partial charge >= 0.3 is 29.2 Å². The number of nitro groups is 1. The van der Waals surface area contributed by atoms with Crippen LogP contribution in [0, 0.1) is 16.0 Å². The minimum atomic E-state index is -5.75. The van der Waals surface area contributed by atoms with E-state index >= 15 is 0 Å². The summed E-state index contributed by atoms with van der Waals surface area (Å²) >= 11 is 0. The molecule has 6 atom stereocenters. The summed E-state index contributed by atoms with van der Waals surface area (Å²) in [5, 5.41) is 21.9. The van der Waals surface area contributed by atoms with Crippen molar-refractivity contribution in [1.29, 1.82) is 0 Å². The molecule has 0 radical (unpaired) electrons. The van der Waals surface area contributed by atoms with Crippen molar-refractivity contribution in [2.75, 3.05) is 12.3 Å². The molecule has 0 spiro atoms. The summed E-state index contributed by atoms with van der Waals surface area (Å²) < 4.78 is 58.4. The monoisotopic (exact) mass is 674 g/mol. The van der Waals surface area contributed by atoms with E-state index in [0.717, 1.165) is 4.57 Å². The molecule has 1 aromatic heterocycles. The molecule has 3 unspecified atom stereocenters. The first-order valence-electron chi connectivity index (χ1n) is 12.1. The van der Waals surface area contributed by atoms with E-state index in [-0.39, 0.29) is 36.0 Å². The molecular weight excluding hydrogens is 645 g/mol. The number of phosphoric acid groups is 3. The third kappa shape index (κ3) is 9.79. The summed E-state index contributed by atoms with van der Waals surface area (Å²) in [6, 6.07) is 6.04. The van der Waals surface area contributed by atoms with Crippen LogP contribution in [0.2, 0.25) is 0 Å². The highest BCUT2D eigenvalue weighted by Crippen LogP contribution is 2.66. The van der Waals surface area contributed by atoms with Gasteiger partial charge < -0.3 is 39.9 Å². The van der Waals surface area contributed by atoms with Gasteiger partial charge in [-0.25, -0.2) is 18.5 Å². The van der Waals surface area contributed by atoms with Gasteiger partial charge in [-0.05, 0) is 12.0 Å². The normalized spacial score (nSPS) is 22.7. The highest BCUT2D eigenvalue weighted by Gasteiger charge is 2.43. The Bertz CT molecular complexity index is 1530. The predicted molar refractivity (Wildman–Crippen MR) is 143 cm³/mol. The molecule has 1 aliphatic rings. The Balaban J connectivity index is 1.72. The lowest BCUT2D eigenvalue weighted by Gasteiger charge is -2.23. The van der Waals surface area contributed by atoms with Crippen LogP contribution in [-0.4, -0.2) is 58.0 Å². The van der Waals surface area contributed by atoms with Crippen molar-refractivity contribution in [2.24, 2.45) is 5.92 Å². The van der Waals surface area contributed by atoms with Crippen LogP contribution in [-0.2, 0) is 42.9 Å². The van der Waals surface area contributed by atoms with Gasteiger partial charge in [0.25, 0.3) is 5.69 Å². The van der Waals surface area contributed by atoms with Crippen LogP contribution in [0.1, 0.15) is 43.7 Å². The second-order valence-electron chi connectivity index (χ2n) is 9.45. The lowest BCUT2D eigenvalue weighted by molar-refractivity contribution is -0.386. The Morgan fingerprint density at radius 2 is 1.81 bits per heavy atom. The number of aliphatic hydroxyl groups is 1. The van der Waals surface area contributed by atoms with Gasteiger partial charge in [-0.1, -0.05) is 26.0 Å². The maximum Gasteiger partial charge on any atom is 0.490 e. The van der Waals surface area contributed by atoms with Crippen LogP contribution in [0.4, 0.5) is 11.5 Å². The first-order valence-corrected chi connectivity index (χ1v) is 16.6. The molecule has 1 aromatic carbocycles. The Hall–Kier alpha value is -2.41. The number of benzene rings is 1. The Morgan fingerprint density at radius 3 is 2.42 bits per heavy atom. The number of aromatic nitrogens is 2. The third-order valence-corrected chi connectivity index (χ3v) is 9.66. The molecule has 23 heteroatoms. The van der Waals surface area contributed by atoms with Gasteiger partial charge in [-0.2, -0.15) is 13.6 Å². The number of hydrogen-bond acceptors (Lipinski definition) is 14. The lowest BCUT2D eigenvalue weighted by atomic mass is 9.97. The topological polar surface area (TPSA) is 303 Å². The maximum atomic E-state index is 12.6. The Labute approximate surface area is 242 Å². The highest BCUT2D eigenvalue weighted by atomic mass is 31.3. The van der Waals surface area contributed by atoms with Gasteiger partial charge in [0.1, 0.15) is 18.1 Å². The zero-order chi connectivity index (χ0) is 32.3. The van der Waals surface area contributed by atoms with Gasteiger partial charge in [-0.3, -0.25) is 19.2 Å². The van der Waals surface area contributed by atoms with Crippen LogP contribution in [0.5, 0.6) is 0 Å². The van der Waals surface area contributed by atoms with Crippen molar-refractivity contribution in [1.82, 2.24) is 9.55 Å². The summed E-state index contributed by atoms with van der Waals surface area (Å²) in [6.45, 7) is 2.40. The molecule has 1 saturated heterocycles. The van der Waals surface area contributed by atoms with Crippen molar-refractivity contribution < 1.29 is 65.9 Å². The number of nitro benzene ring substituents is 1. The summed E-state index contributed by atoms with van der Waals surface area (Å²) in [4.78, 5) is 63.4. The van der Waals surface area contributed by atoms with Gasteiger partial charge in [0.15, 0.2) is 0 Å². The number of para-hydroxylation sites is 1. The average Bonchev–Trinajstić information content (AvgIpc) is 3.22. The summed E-state index contributed by atoms with van der Waals surface area (Å²) in [6.07, 6.45) is -3.79. The van der Waals surface area contributed by atoms with Crippen LogP contribution >= 0.6 is 23.5 Å². The van der Waals surface area contributed by atoms with E-state index in [2.05, 4.69) is 18.1 Å². The lowest BCUT2D eigenvalue weighted by Crippen LogP contribution is -2.29. The van der Waals surface area contributed by atoms with E-state index in [1.54, 1.807) is 26.0 Å². The summed E-state index contributed by atoms with van der Waals surface area (Å²) in [7, 11) is -16.8. The molecule has 2 heterocycles. The van der Waals surface area contributed by atoms with Crippen LogP contribution in [0.3, 0.4) is 0 Å². The third-order valence-electron chi connectivity index (χ3n) is 5.86. The summed E-state index contributed by atoms with van der Waals surface area (Å²) in [5.74, 6) is -0.418. The van der Waals surface area contributed by atoms with Crippen LogP contribution in [0.25, 0.3) is 0 Å². The minimum absolute atomic E-state index is 0.146. The number of nitrogen functional groups attached to an aromatic ring is 1. The zero-order valence-corrected chi connectivity index (χ0v) is 25.1. The van der Waals surface area contributed by atoms with Crippen molar-refractivity contribution in [2.45, 2.75) is 51.4 Å². The minimum Gasteiger partial charge on any atom is -0.390 e. The largest absolute Gasteiger partial charge is 0.490 e. The van der Waals surface area contributed by atoms with Crippen molar-refractivity contribution >= 4 is 35.0 Å². The standard InChI is InChI=1S/C20H29N4O16P3/c1-11(2)18(13-5-3-4-6-14(13)24(27)28)36-9-12-8-23(20(26)22-19(12)21)17-7-15(25)16(38-17)10-37-42(32,33)40-43(34,35)39-41(29,30)31/h3-6,8,11,15-18,25H,7,9-10H2,1-2H3,(H,32,33)(H,34,35)(H2,21,22,26)(H2,29,30,31)/t15?,16-,17-,18-/m1/s1. The number of phosphoric ester groups is 1. The molecule has 1 aliphatic heterocycles. The van der Waals surface area contributed by atoms with E-state index < -0.39 is 65.2 Å². The van der Waals surface area contributed by atoms with E-state index in [4.69, 9.17) is 25.0 Å². The molecule has 20 nitrogen and oxygen atoms in total. The molecule has 0 aliphatic carbocycles. The fourth-order valence-corrected chi connectivity index (χ4v) is 7.09. The molecule has 2 aromatic rings. The molecule has 7 N–H and O–H groups in total. The van der Waals surface area contributed by atoms with Gasteiger partial charge in [0.2, 0.25) is 0 Å². The number of hydrogen-bond donors (Lipinski definition) is 6. The van der Waals surface area contributed by atoms with E-state index in [9.17, 15) is 43.5 Å². The second-order valence-corrected chi connectivity index (χ2v) is 13.9. The average molecular weight is 674 g/mol. The van der Waals surface area contributed by atoms with E-state index in [0.29, 0.717) is 5.56 Å². The molecule has 43 heavy (non-hydrogen) atoms. The molecule has 3 rings (SSSR count). The Kier molecular flexibility index (Phi) is 11.2. The van der Waals surface area contributed by atoms with Crippen LogP contribution in [0.15, 0.2) is 35.3 Å². The number of aliphatic hydroxyl groups excluding tert-OH is 1. The molecular formula is C20H29N4O16P3. The Morgan fingerprint density at radius 1 is 1.16 bits per heavy atom. The zero-order valence-electron chi connectivity index (χ0n) is 22.4. The number of anilines is 1. The second kappa shape index (κ2) is 13.7. The molecule has 0 bridgehead atoms. The first-order chi connectivity index (χ1) is 19.8.